The number of halogens is 3. The van der Waals surface area contributed by atoms with Crippen LogP contribution in [0.25, 0.3) is 0 Å². The van der Waals surface area contributed by atoms with E-state index in [1.807, 2.05) is 0 Å². The SMILES string of the molecule is C#CCCCCNCc1cccc(OC(F)(F)F)c1. The van der Waals surface area contributed by atoms with Crippen LogP contribution < -0.4 is 10.1 Å². The molecule has 0 atom stereocenters. The molecule has 104 valence electrons. The van der Waals surface area contributed by atoms with Gasteiger partial charge in [-0.2, -0.15) is 0 Å². The van der Waals surface area contributed by atoms with E-state index in [9.17, 15) is 13.2 Å². The lowest BCUT2D eigenvalue weighted by Gasteiger charge is -2.10. The van der Waals surface area contributed by atoms with Crippen LogP contribution in [-0.2, 0) is 6.54 Å². The van der Waals surface area contributed by atoms with Gasteiger partial charge in [-0.3, -0.25) is 0 Å². The molecule has 0 bridgehead atoms. The van der Waals surface area contributed by atoms with Gasteiger partial charge in [0.2, 0.25) is 0 Å². The van der Waals surface area contributed by atoms with Crippen LogP contribution in [-0.4, -0.2) is 12.9 Å². The Morgan fingerprint density at radius 2 is 2.05 bits per heavy atom. The van der Waals surface area contributed by atoms with Gasteiger partial charge in [0.25, 0.3) is 0 Å². The number of hydrogen-bond donors (Lipinski definition) is 1. The van der Waals surface area contributed by atoms with Crippen molar-refractivity contribution in [3.8, 4) is 18.1 Å². The number of hydrogen-bond acceptors (Lipinski definition) is 2. The Kier molecular flexibility index (Phi) is 6.23. The van der Waals surface area contributed by atoms with E-state index in [4.69, 9.17) is 6.42 Å². The lowest BCUT2D eigenvalue weighted by atomic mass is 10.2. The maximum absolute atomic E-state index is 12.0. The second-order valence-electron chi connectivity index (χ2n) is 4.03. The Labute approximate surface area is 111 Å². The van der Waals surface area contributed by atoms with Gasteiger partial charge in [-0.25, -0.2) is 0 Å². The Hall–Kier alpha value is -1.67. The van der Waals surface area contributed by atoms with E-state index in [1.165, 1.54) is 18.2 Å². The molecule has 0 radical (unpaired) electrons. The van der Waals surface area contributed by atoms with Gasteiger partial charge in [-0.15, -0.1) is 25.5 Å². The fraction of sp³-hybridized carbons (Fsp3) is 0.429. The molecule has 19 heavy (non-hydrogen) atoms. The monoisotopic (exact) mass is 271 g/mol. The van der Waals surface area contributed by atoms with Gasteiger partial charge in [0.05, 0.1) is 0 Å². The Bertz CT molecular complexity index is 423. The number of nitrogens with one attached hydrogen (secondary N) is 1. The minimum Gasteiger partial charge on any atom is -0.406 e. The van der Waals surface area contributed by atoms with Gasteiger partial charge >= 0.3 is 6.36 Å². The zero-order valence-electron chi connectivity index (χ0n) is 10.5. The first-order valence-electron chi connectivity index (χ1n) is 6.00. The van der Waals surface area contributed by atoms with Crippen molar-refractivity contribution < 1.29 is 17.9 Å². The summed E-state index contributed by atoms with van der Waals surface area (Å²) in [6.45, 7) is 1.29. The van der Waals surface area contributed by atoms with Gasteiger partial charge in [0.1, 0.15) is 5.75 Å². The molecule has 0 aromatic heterocycles. The molecule has 0 heterocycles. The van der Waals surface area contributed by atoms with Crippen molar-refractivity contribution >= 4 is 0 Å². The Morgan fingerprint density at radius 3 is 2.74 bits per heavy atom. The average molecular weight is 271 g/mol. The minimum absolute atomic E-state index is 0.195. The van der Waals surface area contributed by atoms with Crippen molar-refractivity contribution in [2.75, 3.05) is 6.54 Å². The largest absolute Gasteiger partial charge is 0.573 e. The fourth-order valence-corrected chi connectivity index (χ4v) is 1.56. The van der Waals surface area contributed by atoms with Crippen LogP contribution >= 0.6 is 0 Å². The van der Waals surface area contributed by atoms with Gasteiger partial charge in [-0.05, 0) is 37.1 Å². The summed E-state index contributed by atoms with van der Waals surface area (Å²) in [5.41, 5.74) is 0.749. The third kappa shape index (κ3) is 7.37. The first kappa shape index (κ1) is 15.4. The Morgan fingerprint density at radius 1 is 1.26 bits per heavy atom. The second-order valence-corrected chi connectivity index (χ2v) is 4.03. The lowest BCUT2D eigenvalue weighted by Crippen LogP contribution is -2.18. The predicted octanol–water partition coefficient (Wildman–Crippen LogP) is 3.48. The second kappa shape index (κ2) is 7.70. The maximum atomic E-state index is 12.0. The van der Waals surface area contributed by atoms with Crippen LogP contribution in [0.5, 0.6) is 5.75 Å². The van der Waals surface area contributed by atoms with E-state index < -0.39 is 6.36 Å². The van der Waals surface area contributed by atoms with E-state index in [2.05, 4.69) is 16.0 Å². The van der Waals surface area contributed by atoms with Crippen molar-refractivity contribution in [3.63, 3.8) is 0 Å². The third-order valence-electron chi connectivity index (χ3n) is 2.39. The molecule has 0 fully saturated rings. The first-order chi connectivity index (χ1) is 9.01. The highest BCUT2D eigenvalue weighted by atomic mass is 19.4. The summed E-state index contributed by atoms with van der Waals surface area (Å²) >= 11 is 0. The molecule has 0 spiro atoms. The normalized spacial score (nSPS) is 11.1. The number of terminal acetylenes is 1. The van der Waals surface area contributed by atoms with Crippen LogP contribution in [0.2, 0.25) is 0 Å². The smallest absolute Gasteiger partial charge is 0.406 e. The number of unbranched alkanes of at least 4 members (excludes halogenated alkanes) is 2. The molecule has 0 aliphatic rings. The molecular weight excluding hydrogens is 255 g/mol. The molecule has 1 aromatic carbocycles. The number of alkyl halides is 3. The van der Waals surface area contributed by atoms with E-state index >= 15 is 0 Å². The third-order valence-corrected chi connectivity index (χ3v) is 2.39. The topological polar surface area (TPSA) is 21.3 Å². The molecule has 0 aliphatic heterocycles. The van der Waals surface area contributed by atoms with Crippen LogP contribution in [0.3, 0.4) is 0 Å². The van der Waals surface area contributed by atoms with Crippen molar-refractivity contribution in [2.24, 2.45) is 0 Å². The van der Waals surface area contributed by atoms with E-state index in [0.29, 0.717) is 6.54 Å². The summed E-state index contributed by atoms with van der Waals surface area (Å²) in [7, 11) is 0. The van der Waals surface area contributed by atoms with Gasteiger partial charge in [0, 0.05) is 13.0 Å². The zero-order chi connectivity index (χ0) is 14.1. The van der Waals surface area contributed by atoms with Gasteiger partial charge < -0.3 is 10.1 Å². The van der Waals surface area contributed by atoms with Gasteiger partial charge in [-0.1, -0.05) is 12.1 Å². The zero-order valence-corrected chi connectivity index (χ0v) is 10.5. The fourth-order valence-electron chi connectivity index (χ4n) is 1.56. The summed E-state index contributed by atoms with van der Waals surface area (Å²) in [6.07, 6.45) is 3.11. The summed E-state index contributed by atoms with van der Waals surface area (Å²) < 4.78 is 40.0. The van der Waals surface area contributed by atoms with Gasteiger partial charge in [0.15, 0.2) is 0 Å². The first-order valence-corrected chi connectivity index (χ1v) is 6.00. The van der Waals surface area contributed by atoms with Crippen molar-refractivity contribution in [2.45, 2.75) is 32.2 Å². The molecule has 0 unspecified atom stereocenters. The highest BCUT2D eigenvalue weighted by Crippen LogP contribution is 2.23. The number of benzene rings is 1. The molecule has 0 saturated carbocycles. The van der Waals surface area contributed by atoms with E-state index in [1.54, 1.807) is 6.07 Å². The number of ether oxygens (including phenoxy) is 1. The quantitative estimate of drug-likeness (QED) is 0.605. The molecule has 1 aromatic rings. The summed E-state index contributed by atoms with van der Waals surface area (Å²) in [5.74, 6) is 2.36. The molecule has 2 nitrogen and oxygen atoms in total. The molecule has 5 heteroatoms. The molecule has 0 amide bonds. The molecule has 1 rings (SSSR count). The number of rotatable bonds is 7. The van der Waals surface area contributed by atoms with Crippen LogP contribution in [0.1, 0.15) is 24.8 Å². The maximum Gasteiger partial charge on any atom is 0.573 e. The van der Waals surface area contributed by atoms with E-state index in [0.717, 1.165) is 31.4 Å². The van der Waals surface area contributed by atoms with Crippen LogP contribution in [0.15, 0.2) is 24.3 Å². The lowest BCUT2D eigenvalue weighted by molar-refractivity contribution is -0.274. The Balaban J connectivity index is 2.34. The van der Waals surface area contributed by atoms with Crippen LogP contribution in [0.4, 0.5) is 13.2 Å². The summed E-state index contributed by atoms with van der Waals surface area (Å²) in [4.78, 5) is 0. The highest BCUT2D eigenvalue weighted by molar-refractivity contribution is 5.28. The average Bonchev–Trinajstić information content (AvgIpc) is 2.32. The predicted molar refractivity (Wildman–Crippen MR) is 67.5 cm³/mol. The molecule has 0 aliphatic carbocycles. The van der Waals surface area contributed by atoms with E-state index in [-0.39, 0.29) is 5.75 Å². The van der Waals surface area contributed by atoms with Crippen molar-refractivity contribution in [3.05, 3.63) is 29.8 Å². The van der Waals surface area contributed by atoms with Crippen LogP contribution in [0, 0.1) is 12.3 Å². The highest BCUT2D eigenvalue weighted by Gasteiger charge is 2.31. The standard InChI is InChI=1S/C14H16F3NO/c1-2-3-4-5-9-18-11-12-7-6-8-13(10-12)19-14(15,16)17/h1,6-8,10,18H,3-5,9,11H2. The molecule has 1 N–H and O–H groups in total. The molecular formula is C14H16F3NO. The van der Waals surface area contributed by atoms with Crippen molar-refractivity contribution in [1.82, 2.24) is 5.32 Å². The van der Waals surface area contributed by atoms with Crippen molar-refractivity contribution in [1.29, 1.82) is 0 Å². The summed E-state index contributed by atoms with van der Waals surface area (Å²) in [6, 6.07) is 5.94. The minimum atomic E-state index is -4.65. The molecule has 0 saturated heterocycles. The summed E-state index contributed by atoms with van der Waals surface area (Å²) in [5, 5.41) is 3.15.